The summed E-state index contributed by atoms with van der Waals surface area (Å²) in [6, 6.07) is 8.93. The van der Waals surface area contributed by atoms with Crippen molar-refractivity contribution in [1.29, 1.82) is 0 Å². The van der Waals surface area contributed by atoms with Gasteiger partial charge in [0.1, 0.15) is 0 Å². The maximum absolute atomic E-state index is 6.10. The number of furan rings is 1. The van der Waals surface area contributed by atoms with Gasteiger partial charge in [0, 0.05) is 10.6 Å². The fraction of sp³-hybridized carbons (Fsp3) is 0.0769. The predicted octanol–water partition coefficient (Wildman–Crippen LogP) is 3.86. The average Bonchev–Trinajstić information content (AvgIpc) is 3.09. The van der Waals surface area contributed by atoms with Gasteiger partial charge in [-0.1, -0.05) is 17.7 Å². The third-order valence-corrected chi connectivity index (χ3v) is 4.10. The maximum atomic E-state index is 6.10. The summed E-state index contributed by atoms with van der Waals surface area (Å²) in [4.78, 5) is 0.812. The molecule has 20 heavy (non-hydrogen) atoms. The molecule has 0 aliphatic carbocycles. The number of nitrogen functional groups attached to an aromatic ring is 1. The molecule has 3 rings (SSSR count). The number of benzene rings is 1. The highest BCUT2D eigenvalue weighted by atomic mass is 35.5. The molecule has 0 amide bonds. The van der Waals surface area contributed by atoms with Crippen molar-refractivity contribution in [2.24, 2.45) is 0 Å². The molecule has 3 aromatic rings. The van der Waals surface area contributed by atoms with Gasteiger partial charge >= 0.3 is 0 Å². The van der Waals surface area contributed by atoms with E-state index in [9.17, 15) is 0 Å². The molecule has 0 radical (unpaired) electrons. The van der Waals surface area contributed by atoms with Gasteiger partial charge in [0.25, 0.3) is 5.89 Å². The Morgan fingerprint density at radius 2 is 2.10 bits per heavy atom. The SMILES string of the molecule is Nc1cccc(Cl)c1SCc1nnc(-c2ccco2)o1. The second-order valence-corrected chi connectivity index (χ2v) is 5.32. The van der Waals surface area contributed by atoms with Gasteiger partial charge in [-0.05, 0) is 24.3 Å². The van der Waals surface area contributed by atoms with Gasteiger partial charge in [0.2, 0.25) is 5.89 Å². The van der Waals surface area contributed by atoms with Gasteiger partial charge in [0.15, 0.2) is 5.76 Å². The van der Waals surface area contributed by atoms with Crippen molar-refractivity contribution in [3.8, 4) is 11.7 Å². The monoisotopic (exact) mass is 307 g/mol. The molecule has 102 valence electrons. The lowest BCUT2D eigenvalue weighted by Crippen LogP contribution is -1.89. The fourth-order valence-electron chi connectivity index (χ4n) is 1.62. The zero-order valence-corrected chi connectivity index (χ0v) is 11.8. The molecule has 0 fully saturated rings. The number of hydrogen-bond donors (Lipinski definition) is 1. The number of hydrogen-bond acceptors (Lipinski definition) is 6. The van der Waals surface area contributed by atoms with Gasteiger partial charge < -0.3 is 14.6 Å². The Morgan fingerprint density at radius 3 is 2.85 bits per heavy atom. The number of rotatable bonds is 4. The van der Waals surface area contributed by atoms with Gasteiger partial charge in [0.05, 0.1) is 17.0 Å². The first-order chi connectivity index (χ1) is 9.74. The largest absolute Gasteiger partial charge is 0.459 e. The van der Waals surface area contributed by atoms with E-state index in [-0.39, 0.29) is 0 Å². The van der Waals surface area contributed by atoms with Crippen molar-refractivity contribution in [2.45, 2.75) is 10.6 Å². The highest BCUT2D eigenvalue weighted by molar-refractivity contribution is 7.98. The molecule has 1 aromatic carbocycles. The molecule has 0 bridgehead atoms. The minimum Gasteiger partial charge on any atom is -0.459 e. The second kappa shape index (κ2) is 5.60. The summed E-state index contributed by atoms with van der Waals surface area (Å²) in [7, 11) is 0. The molecule has 0 aliphatic heterocycles. The van der Waals surface area contributed by atoms with Crippen LogP contribution < -0.4 is 5.73 Å². The van der Waals surface area contributed by atoms with E-state index in [2.05, 4.69) is 10.2 Å². The Balaban J connectivity index is 1.73. The first-order valence-electron chi connectivity index (χ1n) is 5.77. The van der Waals surface area contributed by atoms with Crippen LogP contribution in [0, 0.1) is 0 Å². The number of nitrogens with zero attached hydrogens (tertiary/aromatic N) is 2. The maximum Gasteiger partial charge on any atom is 0.283 e. The number of aromatic nitrogens is 2. The molecule has 2 N–H and O–H groups in total. The lowest BCUT2D eigenvalue weighted by atomic mass is 10.3. The average molecular weight is 308 g/mol. The summed E-state index contributed by atoms with van der Waals surface area (Å²) in [6.45, 7) is 0. The van der Waals surface area contributed by atoms with Crippen LogP contribution in [-0.2, 0) is 5.75 Å². The third kappa shape index (κ3) is 2.66. The molecule has 0 spiro atoms. The van der Waals surface area contributed by atoms with Crippen molar-refractivity contribution in [3.05, 3.63) is 47.5 Å². The lowest BCUT2D eigenvalue weighted by Gasteiger charge is -2.05. The summed E-state index contributed by atoms with van der Waals surface area (Å²) in [5.74, 6) is 1.88. The molecular weight excluding hydrogens is 298 g/mol. The van der Waals surface area contributed by atoms with Crippen molar-refractivity contribution in [3.63, 3.8) is 0 Å². The van der Waals surface area contributed by atoms with E-state index in [4.69, 9.17) is 26.2 Å². The smallest absolute Gasteiger partial charge is 0.283 e. The Bertz CT molecular complexity index is 692. The molecule has 0 aliphatic rings. The van der Waals surface area contributed by atoms with Gasteiger partial charge in [-0.15, -0.1) is 22.0 Å². The van der Waals surface area contributed by atoms with E-state index in [0.717, 1.165) is 4.90 Å². The lowest BCUT2D eigenvalue weighted by molar-refractivity contribution is 0.494. The van der Waals surface area contributed by atoms with Crippen LogP contribution in [0.5, 0.6) is 0 Å². The first kappa shape index (κ1) is 13.1. The molecule has 2 aromatic heterocycles. The van der Waals surface area contributed by atoms with Gasteiger partial charge in [-0.2, -0.15) is 0 Å². The van der Waals surface area contributed by atoms with E-state index < -0.39 is 0 Å². The molecule has 0 saturated heterocycles. The summed E-state index contributed by atoms with van der Waals surface area (Å²) in [5, 5.41) is 8.50. The number of anilines is 1. The molecule has 0 saturated carbocycles. The van der Waals surface area contributed by atoms with Crippen molar-refractivity contribution in [1.82, 2.24) is 10.2 Å². The summed E-state index contributed by atoms with van der Waals surface area (Å²) < 4.78 is 10.7. The van der Waals surface area contributed by atoms with E-state index in [0.29, 0.717) is 34.0 Å². The molecule has 0 atom stereocenters. The zero-order valence-electron chi connectivity index (χ0n) is 10.2. The van der Waals surface area contributed by atoms with Crippen LogP contribution in [0.1, 0.15) is 5.89 Å². The topological polar surface area (TPSA) is 78.1 Å². The molecular formula is C13H10ClN3O2S. The predicted molar refractivity (Wildman–Crippen MR) is 77.4 cm³/mol. The van der Waals surface area contributed by atoms with Crippen LogP contribution in [0.15, 0.2) is 50.3 Å². The normalized spacial score (nSPS) is 10.8. The van der Waals surface area contributed by atoms with Crippen LogP contribution in [0.2, 0.25) is 5.02 Å². The van der Waals surface area contributed by atoms with Crippen LogP contribution in [0.4, 0.5) is 5.69 Å². The van der Waals surface area contributed by atoms with Crippen molar-refractivity contribution < 1.29 is 8.83 Å². The zero-order chi connectivity index (χ0) is 13.9. The summed E-state index contributed by atoms with van der Waals surface area (Å²) in [6.07, 6.45) is 1.55. The molecule has 0 unspecified atom stereocenters. The molecule has 2 heterocycles. The minimum atomic E-state index is 0.359. The van der Waals surface area contributed by atoms with Crippen LogP contribution in [0.25, 0.3) is 11.7 Å². The van der Waals surface area contributed by atoms with Gasteiger partial charge in [-0.25, -0.2) is 0 Å². The highest BCUT2D eigenvalue weighted by Gasteiger charge is 2.12. The summed E-state index contributed by atoms with van der Waals surface area (Å²) >= 11 is 7.55. The van der Waals surface area contributed by atoms with E-state index in [1.807, 2.05) is 6.07 Å². The fourth-order valence-corrected chi connectivity index (χ4v) is 2.79. The third-order valence-electron chi connectivity index (χ3n) is 2.54. The first-order valence-corrected chi connectivity index (χ1v) is 7.13. The highest BCUT2D eigenvalue weighted by Crippen LogP contribution is 2.34. The van der Waals surface area contributed by atoms with Crippen LogP contribution >= 0.6 is 23.4 Å². The van der Waals surface area contributed by atoms with Crippen LogP contribution in [0.3, 0.4) is 0 Å². The van der Waals surface area contributed by atoms with Crippen LogP contribution in [-0.4, -0.2) is 10.2 Å². The van der Waals surface area contributed by atoms with E-state index in [1.165, 1.54) is 11.8 Å². The van der Waals surface area contributed by atoms with Crippen molar-refractivity contribution >= 4 is 29.1 Å². The van der Waals surface area contributed by atoms with E-state index in [1.54, 1.807) is 30.5 Å². The standard InChI is InChI=1S/C13H10ClN3O2S/c14-8-3-1-4-9(15)12(8)20-7-11-16-17-13(19-11)10-5-2-6-18-10/h1-6H,7,15H2. The van der Waals surface area contributed by atoms with Gasteiger partial charge in [-0.3, -0.25) is 0 Å². The Hall–Kier alpha value is -1.92. The molecule has 5 nitrogen and oxygen atoms in total. The Labute approximate surface area is 124 Å². The Morgan fingerprint density at radius 1 is 1.20 bits per heavy atom. The number of halogens is 1. The Kier molecular flexibility index (Phi) is 3.66. The second-order valence-electron chi connectivity index (χ2n) is 3.93. The number of nitrogens with two attached hydrogens (primary N) is 1. The minimum absolute atomic E-state index is 0.359. The quantitative estimate of drug-likeness (QED) is 0.582. The molecule has 7 heteroatoms. The summed E-state index contributed by atoms with van der Waals surface area (Å²) in [5.41, 5.74) is 6.51. The van der Waals surface area contributed by atoms with Crippen molar-refractivity contribution in [2.75, 3.05) is 5.73 Å². The van der Waals surface area contributed by atoms with E-state index >= 15 is 0 Å². The number of thioether (sulfide) groups is 1.